The molecule has 0 radical (unpaired) electrons. The van der Waals surface area contributed by atoms with Gasteiger partial charge in [0.2, 0.25) is 0 Å². The van der Waals surface area contributed by atoms with Crippen LogP contribution in [0.2, 0.25) is 0 Å². The van der Waals surface area contributed by atoms with Gasteiger partial charge < -0.3 is 9.47 Å². The predicted molar refractivity (Wildman–Crippen MR) is 95.7 cm³/mol. The van der Waals surface area contributed by atoms with Crippen LogP contribution in [0.1, 0.15) is 12.6 Å². The van der Waals surface area contributed by atoms with Crippen LogP contribution in [0, 0.1) is 3.57 Å². The van der Waals surface area contributed by atoms with Crippen molar-refractivity contribution in [3.8, 4) is 5.75 Å². The lowest BCUT2D eigenvalue weighted by Gasteiger charge is -2.05. The molecule has 0 atom stereocenters. The van der Waals surface area contributed by atoms with E-state index < -0.39 is 0 Å². The van der Waals surface area contributed by atoms with Gasteiger partial charge in [-0.2, -0.15) is 0 Å². The molecule has 23 heavy (non-hydrogen) atoms. The quantitative estimate of drug-likeness (QED) is 0.523. The van der Waals surface area contributed by atoms with Gasteiger partial charge in [-0.25, -0.2) is 4.98 Å². The van der Waals surface area contributed by atoms with Gasteiger partial charge in [0.15, 0.2) is 11.7 Å². The molecule has 2 aromatic rings. The lowest BCUT2D eigenvalue weighted by Crippen LogP contribution is -2.20. The zero-order valence-electron chi connectivity index (χ0n) is 12.4. The number of nitrogens with zero attached hydrogens (tertiary/aromatic N) is 1. The Kier molecular flexibility index (Phi) is 6.78. The maximum absolute atomic E-state index is 11.8. The van der Waals surface area contributed by atoms with Crippen LogP contribution in [0.4, 0.5) is 5.13 Å². The van der Waals surface area contributed by atoms with E-state index in [0.29, 0.717) is 23.2 Å². The standard InChI is InChI=1S/C15H15IN2O4S/c1-2-21-14(20)7-11-9-23-15(17-11)18-13(19)8-22-12-5-3-10(16)4-6-12/h3-6,9H,2,7-8H2,1H3,(H,17,18,19). The minimum absolute atomic E-state index is 0.0966. The van der Waals surface area contributed by atoms with Crippen LogP contribution < -0.4 is 10.1 Å². The first-order valence-corrected chi connectivity index (χ1v) is 8.81. The van der Waals surface area contributed by atoms with Crippen LogP contribution in [-0.2, 0) is 20.7 Å². The van der Waals surface area contributed by atoms with E-state index >= 15 is 0 Å². The summed E-state index contributed by atoms with van der Waals surface area (Å²) in [5, 5.41) is 4.78. The Morgan fingerprint density at radius 2 is 2.04 bits per heavy atom. The second-order valence-electron chi connectivity index (χ2n) is 4.42. The fourth-order valence-corrected chi connectivity index (χ4v) is 2.73. The molecule has 122 valence electrons. The van der Waals surface area contributed by atoms with Crippen molar-refractivity contribution in [3.63, 3.8) is 0 Å². The first-order chi connectivity index (χ1) is 11.1. The highest BCUT2D eigenvalue weighted by Gasteiger charge is 2.10. The number of amides is 1. The molecule has 1 amide bonds. The van der Waals surface area contributed by atoms with Crippen molar-refractivity contribution in [1.82, 2.24) is 4.98 Å². The molecule has 0 aliphatic carbocycles. The van der Waals surface area contributed by atoms with E-state index in [1.165, 1.54) is 11.3 Å². The van der Waals surface area contributed by atoms with Gasteiger partial charge in [0.1, 0.15) is 5.75 Å². The van der Waals surface area contributed by atoms with Crippen LogP contribution >= 0.6 is 33.9 Å². The van der Waals surface area contributed by atoms with Crippen LogP contribution in [0.3, 0.4) is 0 Å². The zero-order chi connectivity index (χ0) is 16.7. The van der Waals surface area contributed by atoms with Crippen molar-refractivity contribution in [3.05, 3.63) is 38.9 Å². The summed E-state index contributed by atoms with van der Waals surface area (Å²) in [6.07, 6.45) is 0.0966. The number of carbonyl (C=O) groups is 2. The summed E-state index contributed by atoms with van der Waals surface area (Å²) in [5.74, 6) is -0.0130. The largest absolute Gasteiger partial charge is 0.484 e. The molecular weight excluding hydrogens is 431 g/mol. The van der Waals surface area contributed by atoms with E-state index in [4.69, 9.17) is 9.47 Å². The molecule has 0 fully saturated rings. The molecule has 1 N–H and O–H groups in total. The first-order valence-electron chi connectivity index (χ1n) is 6.85. The Hall–Kier alpha value is -1.68. The van der Waals surface area contributed by atoms with Gasteiger partial charge in [-0.1, -0.05) is 0 Å². The van der Waals surface area contributed by atoms with E-state index in [9.17, 15) is 9.59 Å². The Labute approximate surface area is 151 Å². The second kappa shape index (κ2) is 8.82. The number of thiazole rings is 1. The van der Waals surface area contributed by atoms with E-state index in [0.717, 1.165) is 3.57 Å². The third-order valence-electron chi connectivity index (χ3n) is 2.61. The van der Waals surface area contributed by atoms with Crippen molar-refractivity contribution in [2.24, 2.45) is 0 Å². The molecule has 8 heteroatoms. The third kappa shape index (κ3) is 6.14. The van der Waals surface area contributed by atoms with Crippen LogP contribution in [0.15, 0.2) is 29.6 Å². The van der Waals surface area contributed by atoms with E-state index in [-0.39, 0.29) is 24.9 Å². The topological polar surface area (TPSA) is 77.5 Å². The number of hydrogen-bond donors (Lipinski definition) is 1. The van der Waals surface area contributed by atoms with Gasteiger partial charge in [-0.05, 0) is 53.8 Å². The average molecular weight is 446 g/mol. The van der Waals surface area contributed by atoms with Crippen molar-refractivity contribution >= 4 is 50.9 Å². The summed E-state index contributed by atoms with van der Waals surface area (Å²) in [6, 6.07) is 7.40. The number of esters is 1. The zero-order valence-corrected chi connectivity index (χ0v) is 15.3. The summed E-state index contributed by atoms with van der Waals surface area (Å²) in [7, 11) is 0. The lowest BCUT2D eigenvalue weighted by atomic mass is 10.3. The number of ether oxygens (including phenoxy) is 2. The normalized spacial score (nSPS) is 10.2. The fraction of sp³-hybridized carbons (Fsp3) is 0.267. The van der Waals surface area contributed by atoms with Gasteiger partial charge >= 0.3 is 5.97 Å². The Morgan fingerprint density at radius 3 is 2.74 bits per heavy atom. The average Bonchev–Trinajstić information content (AvgIpc) is 2.94. The van der Waals surface area contributed by atoms with Gasteiger partial charge in [-0.3, -0.25) is 14.9 Å². The Morgan fingerprint density at radius 1 is 1.30 bits per heavy atom. The molecule has 0 aliphatic heterocycles. The Balaban J connectivity index is 1.80. The van der Waals surface area contributed by atoms with Crippen LogP contribution in [0.25, 0.3) is 0 Å². The summed E-state index contributed by atoms with van der Waals surface area (Å²) in [6.45, 7) is 1.98. The van der Waals surface area contributed by atoms with Crippen molar-refractivity contribution in [2.45, 2.75) is 13.3 Å². The van der Waals surface area contributed by atoms with Gasteiger partial charge in [0.05, 0.1) is 18.7 Å². The number of hydrogen-bond acceptors (Lipinski definition) is 6. The fourth-order valence-electron chi connectivity index (χ4n) is 1.64. The molecule has 2 rings (SSSR count). The SMILES string of the molecule is CCOC(=O)Cc1csc(NC(=O)COc2ccc(I)cc2)n1. The summed E-state index contributed by atoms with van der Waals surface area (Å²) in [5.41, 5.74) is 0.572. The minimum Gasteiger partial charge on any atom is -0.484 e. The first kappa shape index (κ1) is 17.7. The van der Waals surface area contributed by atoms with E-state index in [1.54, 1.807) is 24.4 Å². The molecule has 0 unspecified atom stereocenters. The molecule has 1 aromatic heterocycles. The van der Waals surface area contributed by atoms with Gasteiger partial charge in [0, 0.05) is 8.95 Å². The number of benzene rings is 1. The molecule has 1 heterocycles. The summed E-state index contributed by atoms with van der Waals surface area (Å²) in [4.78, 5) is 27.4. The van der Waals surface area contributed by atoms with Gasteiger partial charge in [-0.15, -0.1) is 11.3 Å². The maximum Gasteiger partial charge on any atom is 0.311 e. The van der Waals surface area contributed by atoms with Crippen molar-refractivity contribution < 1.29 is 19.1 Å². The molecule has 0 aliphatic rings. The summed E-state index contributed by atoms with van der Waals surface area (Å²) < 4.78 is 11.3. The molecule has 0 spiro atoms. The molecule has 0 bridgehead atoms. The summed E-state index contributed by atoms with van der Waals surface area (Å²) >= 11 is 3.45. The molecular formula is C15H15IN2O4S. The highest BCUT2D eigenvalue weighted by Crippen LogP contribution is 2.17. The number of nitrogens with one attached hydrogen (secondary N) is 1. The van der Waals surface area contributed by atoms with Gasteiger partial charge in [0.25, 0.3) is 5.91 Å². The molecule has 0 saturated heterocycles. The third-order valence-corrected chi connectivity index (χ3v) is 4.14. The number of aromatic nitrogens is 1. The Bertz CT molecular complexity index is 672. The van der Waals surface area contributed by atoms with Crippen LogP contribution in [0.5, 0.6) is 5.75 Å². The number of halogens is 1. The maximum atomic E-state index is 11.8. The number of anilines is 1. The van der Waals surface area contributed by atoms with E-state index in [1.807, 2.05) is 12.1 Å². The number of rotatable bonds is 7. The van der Waals surface area contributed by atoms with Crippen molar-refractivity contribution in [1.29, 1.82) is 0 Å². The highest BCUT2D eigenvalue weighted by atomic mass is 127. The molecule has 6 nitrogen and oxygen atoms in total. The monoisotopic (exact) mass is 446 g/mol. The predicted octanol–water partition coefficient (Wildman–Crippen LogP) is 2.87. The smallest absolute Gasteiger partial charge is 0.311 e. The molecule has 0 saturated carbocycles. The second-order valence-corrected chi connectivity index (χ2v) is 6.52. The van der Waals surface area contributed by atoms with E-state index in [2.05, 4.69) is 32.9 Å². The minimum atomic E-state index is -0.335. The molecule has 1 aromatic carbocycles. The van der Waals surface area contributed by atoms with Crippen molar-refractivity contribution in [2.75, 3.05) is 18.5 Å². The highest BCUT2D eigenvalue weighted by molar-refractivity contribution is 14.1. The number of carbonyl (C=O) groups excluding carboxylic acids is 2. The van der Waals surface area contributed by atoms with Crippen LogP contribution in [-0.4, -0.2) is 30.1 Å². The lowest BCUT2D eigenvalue weighted by molar-refractivity contribution is -0.142.